The van der Waals surface area contributed by atoms with Gasteiger partial charge >= 0.3 is 0 Å². The summed E-state index contributed by atoms with van der Waals surface area (Å²) in [4.78, 5) is 23.5. The Morgan fingerprint density at radius 1 is 1.35 bits per heavy atom. The molecule has 0 radical (unpaired) electrons. The summed E-state index contributed by atoms with van der Waals surface area (Å²) >= 11 is 0. The molecular formula is C13H27ClN4O4S. The van der Waals surface area contributed by atoms with Crippen LogP contribution in [0.1, 0.15) is 26.7 Å². The van der Waals surface area contributed by atoms with Crippen LogP contribution < -0.4 is 16.4 Å². The second-order valence-electron chi connectivity index (χ2n) is 6.02. The van der Waals surface area contributed by atoms with Crippen LogP contribution in [-0.2, 0) is 19.6 Å². The number of carbonyl (C=O) groups excluding carboxylic acids is 2. The molecule has 0 aromatic heterocycles. The number of piperidine rings is 1. The van der Waals surface area contributed by atoms with Crippen molar-refractivity contribution in [3.05, 3.63) is 0 Å². The molecular weight excluding hydrogens is 344 g/mol. The van der Waals surface area contributed by atoms with Crippen molar-refractivity contribution >= 4 is 34.2 Å². The number of hydrogen-bond donors (Lipinski definition) is 3. The van der Waals surface area contributed by atoms with Gasteiger partial charge in [0.1, 0.15) is 0 Å². The summed E-state index contributed by atoms with van der Waals surface area (Å²) in [5, 5.41) is 5.23. The predicted octanol–water partition coefficient (Wildman–Crippen LogP) is -0.952. The zero-order valence-electron chi connectivity index (χ0n) is 13.7. The lowest BCUT2D eigenvalue weighted by atomic mass is 10.1. The molecule has 0 bridgehead atoms. The maximum absolute atomic E-state index is 11.8. The monoisotopic (exact) mass is 370 g/mol. The molecule has 1 fully saturated rings. The fourth-order valence-corrected chi connectivity index (χ4v) is 3.14. The Morgan fingerprint density at radius 3 is 2.48 bits per heavy atom. The first-order valence-electron chi connectivity index (χ1n) is 7.39. The Bertz CT molecular complexity index is 512. The molecule has 0 aromatic rings. The number of sulfonamides is 1. The van der Waals surface area contributed by atoms with Gasteiger partial charge in [-0.2, -0.15) is 0 Å². The fraction of sp³-hybridized carbons (Fsp3) is 0.846. The summed E-state index contributed by atoms with van der Waals surface area (Å²) in [6.07, 6.45) is 2.57. The molecule has 4 N–H and O–H groups in total. The number of carbonyl (C=O) groups is 2. The van der Waals surface area contributed by atoms with Crippen molar-refractivity contribution in [1.82, 2.24) is 14.9 Å². The van der Waals surface area contributed by atoms with Crippen LogP contribution in [0.5, 0.6) is 0 Å². The van der Waals surface area contributed by atoms with Gasteiger partial charge in [-0.25, -0.2) is 12.7 Å². The van der Waals surface area contributed by atoms with Crippen LogP contribution >= 0.6 is 12.4 Å². The number of amides is 2. The summed E-state index contributed by atoms with van der Waals surface area (Å²) in [7, 11) is -3.25. The van der Waals surface area contributed by atoms with Crippen LogP contribution in [0.4, 0.5) is 0 Å². The molecule has 1 aliphatic heterocycles. The molecule has 2 amide bonds. The third-order valence-corrected chi connectivity index (χ3v) is 4.93. The number of hydrogen-bond acceptors (Lipinski definition) is 5. The van der Waals surface area contributed by atoms with Crippen molar-refractivity contribution < 1.29 is 18.0 Å². The molecule has 136 valence electrons. The zero-order chi connectivity index (χ0) is 16.9. The largest absolute Gasteiger partial charge is 0.351 e. The summed E-state index contributed by atoms with van der Waals surface area (Å²) in [6.45, 7) is 4.24. The first-order chi connectivity index (χ1) is 10.1. The summed E-state index contributed by atoms with van der Waals surface area (Å²) in [5.41, 5.74) is 5.68. The molecule has 1 saturated heterocycles. The Labute approximate surface area is 144 Å². The maximum Gasteiger partial charge on any atom is 0.239 e. The lowest BCUT2D eigenvalue weighted by Crippen LogP contribution is -2.52. The molecule has 1 unspecified atom stereocenters. The highest BCUT2D eigenvalue weighted by atomic mass is 35.5. The van der Waals surface area contributed by atoms with E-state index in [2.05, 4.69) is 10.6 Å². The summed E-state index contributed by atoms with van der Waals surface area (Å²) in [5.74, 6) is -0.721. The van der Waals surface area contributed by atoms with E-state index in [4.69, 9.17) is 5.73 Å². The van der Waals surface area contributed by atoms with Crippen molar-refractivity contribution in [3.63, 3.8) is 0 Å². The number of rotatable bonds is 6. The zero-order valence-corrected chi connectivity index (χ0v) is 15.4. The minimum atomic E-state index is -3.25. The van der Waals surface area contributed by atoms with Crippen LogP contribution in [0.2, 0.25) is 0 Å². The first kappa shape index (κ1) is 22.1. The second-order valence-corrected chi connectivity index (χ2v) is 8.00. The van der Waals surface area contributed by atoms with Crippen LogP contribution in [0.15, 0.2) is 0 Å². The van der Waals surface area contributed by atoms with E-state index in [9.17, 15) is 18.0 Å². The highest BCUT2D eigenvalue weighted by molar-refractivity contribution is 7.88. The normalized spacial score (nSPS) is 20.5. The SMILES string of the molecule is CC(C)[C@H](N)C(=O)NCC(=O)NC1CCCN(S(C)(=O)=O)C1.Cl. The summed E-state index contributed by atoms with van der Waals surface area (Å²) < 4.78 is 24.4. The second kappa shape index (κ2) is 9.41. The number of nitrogens with one attached hydrogen (secondary N) is 2. The highest BCUT2D eigenvalue weighted by Crippen LogP contribution is 2.12. The molecule has 23 heavy (non-hydrogen) atoms. The average molecular weight is 371 g/mol. The molecule has 10 heteroatoms. The third kappa shape index (κ3) is 7.47. The van der Waals surface area contributed by atoms with Gasteiger partial charge in [0.2, 0.25) is 21.8 Å². The number of nitrogens with zero attached hydrogens (tertiary/aromatic N) is 1. The molecule has 0 aromatic carbocycles. The molecule has 1 rings (SSSR count). The van der Waals surface area contributed by atoms with E-state index in [0.717, 1.165) is 12.7 Å². The molecule has 0 spiro atoms. The number of halogens is 1. The van der Waals surface area contributed by atoms with Crippen molar-refractivity contribution in [1.29, 1.82) is 0 Å². The van der Waals surface area contributed by atoms with E-state index in [1.165, 1.54) is 4.31 Å². The quantitative estimate of drug-likeness (QED) is 0.556. The maximum atomic E-state index is 11.8. The molecule has 2 atom stereocenters. The molecule has 1 heterocycles. The van der Waals surface area contributed by atoms with E-state index in [1.54, 1.807) is 0 Å². The molecule has 1 aliphatic rings. The minimum absolute atomic E-state index is 0. The minimum Gasteiger partial charge on any atom is -0.351 e. The van der Waals surface area contributed by atoms with Crippen molar-refractivity contribution in [2.75, 3.05) is 25.9 Å². The Balaban J connectivity index is 0.00000484. The first-order valence-corrected chi connectivity index (χ1v) is 9.24. The van der Waals surface area contributed by atoms with E-state index >= 15 is 0 Å². The molecule has 0 saturated carbocycles. The van der Waals surface area contributed by atoms with Gasteiger partial charge < -0.3 is 16.4 Å². The van der Waals surface area contributed by atoms with Gasteiger partial charge in [-0.3, -0.25) is 9.59 Å². The van der Waals surface area contributed by atoms with Crippen LogP contribution in [0, 0.1) is 5.92 Å². The number of nitrogens with two attached hydrogens (primary N) is 1. The van der Waals surface area contributed by atoms with Gasteiger partial charge in [-0.05, 0) is 18.8 Å². The van der Waals surface area contributed by atoms with Gasteiger partial charge in [0.05, 0.1) is 18.8 Å². The van der Waals surface area contributed by atoms with Gasteiger partial charge in [0, 0.05) is 19.1 Å². The fourth-order valence-electron chi connectivity index (χ4n) is 2.23. The van der Waals surface area contributed by atoms with Crippen LogP contribution in [-0.4, -0.2) is 62.5 Å². The average Bonchev–Trinajstić information content (AvgIpc) is 2.43. The van der Waals surface area contributed by atoms with Crippen molar-refractivity contribution in [2.24, 2.45) is 11.7 Å². The van der Waals surface area contributed by atoms with Crippen LogP contribution in [0.3, 0.4) is 0 Å². The van der Waals surface area contributed by atoms with E-state index in [0.29, 0.717) is 13.0 Å². The Kier molecular flexibility index (Phi) is 9.04. The highest BCUT2D eigenvalue weighted by Gasteiger charge is 2.27. The standard InChI is InChI=1S/C13H26N4O4S.ClH/c1-9(2)12(14)13(19)15-7-11(18)16-10-5-4-6-17(8-10)22(3,20)21;/h9-10,12H,4-8,14H2,1-3H3,(H,15,19)(H,16,18);1H/t10?,12-;/m0./s1. The smallest absolute Gasteiger partial charge is 0.239 e. The van der Waals surface area contributed by atoms with Gasteiger partial charge in [-0.15, -0.1) is 12.4 Å². The third-order valence-electron chi connectivity index (χ3n) is 3.66. The van der Waals surface area contributed by atoms with E-state index in [-0.39, 0.29) is 49.3 Å². The Hall–Kier alpha value is -0.900. The van der Waals surface area contributed by atoms with Crippen molar-refractivity contribution in [2.45, 2.75) is 38.8 Å². The van der Waals surface area contributed by atoms with Crippen LogP contribution in [0.25, 0.3) is 0 Å². The van der Waals surface area contributed by atoms with Gasteiger partial charge in [0.15, 0.2) is 0 Å². The lowest BCUT2D eigenvalue weighted by molar-refractivity contribution is -0.127. The topological polar surface area (TPSA) is 122 Å². The summed E-state index contributed by atoms with van der Waals surface area (Å²) in [6, 6.07) is -0.880. The van der Waals surface area contributed by atoms with Gasteiger partial charge in [-0.1, -0.05) is 13.8 Å². The molecule has 8 nitrogen and oxygen atoms in total. The van der Waals surface area contributed by atoms with E-state index < -0.39 is 16.1 Å². The molecule has 0 aliphatic carbocycles. The van der Waals surface area contributed by atoms with Gasteiger partial charge in [0.25, 0.3) is 0 Å². The van der Waals surface area contributed by atoms with Crippen molar-refractivity contribution in [3.8, 4) is 0 Å². The lowest BCUT2D eigenvalue weighted by Gasteiger charge is -2.31. The van der Waals surface area contributed by atoms with E-state index in [1.807, 2.05) is 13.8 Å². The predicted molar refractivity (Wildman–Crippen MR) is 90.7 cm³/mol. The Morgan fingerprint density at radius 2 is 1.96 bits per heavy atom.